The average Bonchev–Trinajstić information content (AvgIpc) is 2.85. The van der Waals surface area contributed by atoms with Crippen molar-refractivity contribution in [1.29, 1.82) is 0 Å². The quantitative estimate of drug-likeness (QED) is 0.493. The van der Waals surface area contributed by atoms with E-state index >= 15 is 0 Å². The molecule has 2 aromatic heterocycles. The standard InChI is InChI=1S/C19H14ClNO2/c1-11-6-7-15-16-10-18(22)21(14-5-3-4-13(20)9-14)12(2)19(16)23-17(15)8-11/h3-10H,1-2H3. The van der Waals surface area contributed by atoms with Crippen LogP contribution in [-0.2, 0) is 0 Å². The van der Waals surface area contributed by atoms with Crippen molar-refractivity contribution in [2.75, 3.05) is 0 Å². The topological polar surface area (TPSA) is 35.1 Å². The summed E-state index contributed by atoms with van der Waals surface area (Å²) in [7, 11) is 0. The molecule has 0 bridgehead atoms. The minimum absolute atomic E-state index is 0.0967. The highest BCUT2D eigenvalue weighted by Crippen LogP contribution is 2.31. The van der Waals surface area contributed by atoms with Crippen LogP contribution >= 0.6 is 11.6 Å². The van der Waals surface area contributed by atoms with Gasteiger partial charge in [-0.25, -0.2) is 0 Å². The Bertz CT molecular complexity index is 1120. The Morgan fingerprint density at radius 3 is 2.61 bits per heavy atom. The van der Waals surface area contributed by atoms with Gasteiger partial charge in [-0.15, -0.1) is 0 Å². The fraction of sp³-hybridized carbons (Fsp3) is 0.105. The lowest BCUT2D eigenvalue weighted by Gasteiger charge is -2.10. The van der Waals surface area contributed by atoms with E-state index in [0.29, 0.717) is 5.02 Å². The Morgan fingerprint density at radius 1 is 1.00 bits per heavy atom. The van der Waals surface area contributed by atoms with Gasteiger partial charge in [0, 0.05) is 21.9 Å². The van der Waals surface area contributed by atoms with Crippen molar-refractivity contribution in [3.63, 3.8) is 0 Å². The minimum Gasteiger partial charge on any atom is -0.454 e. The van der Waals surface area contributed by atoms with Gasteiger partial charge in [-0.3, -0.25) is 9.36 Å². The molecule has 2 heterocycles. The number of fused-ring (bicyclic) bond motifs is 3. The van der Waals surface area contributed by atoms with Crippen LogP contribution in [0.5, 0.6) is 0 Å². The first-order chi connectivity index (χ1) is 11.0. The number of furan rings is 1. The van der Waals surface area contributed by atoms with Gasteiger partial charge in [0.15, 0.2) is 5.58 Å². The molecule has 0 radical (unpaired) electrons. The summed E-state index contributed by atoms with van der Waals surface area (Å²) >= 11 is 6.06. The Morgan fingerprint density at radius 2 is 1.83 bits per heavy atom. The molecule has 0 spiro atoms. The van der Waals surface area contributed by atoms with Crippen LogP contribution < -0.4 is 5.56 Å². The highest BCUT2D eigenvalue weighted by Gasteiger charge is 2.15. The summed E-state index contributed by atoms with van der Waals surface area (Å²) in [6.45, 7) is 3.91. The van der Waals surface area contributed by atoms with E-state index < -0.39 is 0 Å². The third-order valence-electron chi connectivity index (χ3n) is 4.10. The second kappa shape index (κ2) is 5.00. The molecule has 0 fully saturated rings. The molecular weight excluding hydrogens is 310 g/mol. The summed E-state index contributed by atoms with van der Waals surface area (Å²) in [4.78, 5) is 12.7. The van der Waals surface area contributed by atoms with Gasteiger partial charge in [-0.2, -0.15) is 0 Å². The largest absolute Gasteiger partial charge is 0.454 e. The van der Waals surface area contributed by atoms with Crippen molar-refractivity contribution < 1.29 is 4.42 Å². The lowest BCUT2D eigenvalue weighted by atomic mass is 10.1. The number of pyridine rings is 1. The molecule has 4 aromatic rings. The highest BCUT2D eigenvalue weighted by molar-refractivity contribution is 6.30. The third-order valence-corrected chi connectivity index (χ3v) is 4.34. The van der Waals surface area contributed by atoms with Crippen LogP contribution in [0, 0.1) is 13.8 Å². The van der Waals surface area contributed by atoms with Gasteiger partial charge in [-0.1, -0.05) is 29.8 Å². The minimum atomic E-state index is -0.0967. The van der Waals surface area contributed by atoms with Gasteiger partial charge >= 0.3 is 0 Å². The Kier molecular flexibility index (Phi) is 3.06. The molecule has 4 rings (SSSR count). The van der Waals surface area contributed by atoms with Crippen LogP contribution in [0.3, 0.4) is 0 Å². The molecule has 0 unspecified atom stereocenters. The zero-order valence-electron chi connectivity index (χ0n) is 12.8. The van der Waals surface area contributed by atoms with E-state index in [1.54, 1.807) is 22.8 Å². The van der Waals surface area contributed by atoms with E-state index in [9.17, 15) is 4.79 Å². The average molecular weight is 324 g/mol. The molecule has 4 heteroatoms. The fourth-order valence-electron chi connectivity index (χ4n) is 3.03. The Labute approximate surface area is 137 Å². The molecule has 0 saturated heterocycles. The Balaban J connectivity index is 2.11. The summed E-state index contributed by atoms with van der Waals surface area (Å²) in [6.07, 6.45) is 0. The van der Waals surface area contributed by atoms with E-state index in [2.05, 4.69) is 0 Å². The molecule has 0 amide bonds. The number of hydrogen-bond donors (Lipinski definition) is 0. The predicted octanol–water partition coefficient (Wildman–Crippen LogP) is 5.01. The zero-order valence-corrected chi connectivity index (χ0v) is 13.5. The lowest BCUT2D eigenvalue weighted by molar-refractivity contribution is 0.658. The van der Waals surface area contributed by atoms with E-state index in [-0.39, 0.29) is 5.56 Å². The van der Waals surface area contributed by atoms with E-state index in [0.717, 1.165) is 38.9 Å². The molecule has 0 N–H and O–H groups in total. The van der Waals surface area contributed by atoms with E-state index in [4.69, 9.17) is 16.0 Å². The first-order valence-corrected chi connectivity index (χ1v) is 7.74. The highest BCUT2D eigenvalue weighted by atomic mass is 35.5. The molecular formula is C19H14ClNO2. The van der Waals surface area contributed by atoms with Gasteiger partial charge in [0.1, 0.15) is 5.58 Å². The molecule has 23 heavy (non-hydrogen) atoms. The molecule has 0 aliphatic carbocycles. The van der Waals surface area contributed by atoms with Crippen LogP contribution in [0.15, 0.2) is 57.7 Å². The molecule has 114 valence electrons. The summed E-state index contributed by atoms with van der Waals surface area (Å²) in [5, 5.41) is 2.40. The molecule has 0 saturated carbocycles. The predicted molar refractivity (Wildman–Crippen MR) is 93.8 cm³/mol. The Hall–Kier alpha value is -2.52. The number of halogens is 1. The van der Waals surface area contributed by atoms with Crippen LogP contribution in [0.4, 0.5) is 0 Å². The van der Waals surface area contributed by atoms with Crippen molar-refractivity contribution >= 4 is 33.5 Å². The van der Waals surface area contributed by atoms with Crippen molar-refractivity contribution in [2.45, 2.75) is 13.8 Å². The second-order valence-corrected chi connectivity index (χ2v) is 6.16. The summed E-state index contributed by atoms with van der Waals surface area (Å²) in [5.74, 6) is 0. The maximum absolute atomic E-state index is 12.7. The number of aromatic nitrogens is 1. The number of nitrogens with zero attached hydrogens (tertiary/aromatic N) is 1. The van der Waals surface area contributed by atoms with Gasteiger partial charge in [0.25, 0.3) is 5.56 Å². The van der Waals surface area contributed by atoms with Crippen LogP contribution in [-0.4, -0.2) is 4.57 Å². The second-order valence-electron chi connectivity index (χ2n) is 5.73. The van der Waals surface area contributed by atoms with Gasteiger partial charge in [0.2, 0.25) is 0 Å². The van der Waals surface area contributed by atoms with Gasteiger partial charge < -0.3 is 4.42 Å². The SMILES string of the molecule is Cc1ccc2c(c1)oc1c(C)n(-c3cccc(Cl)c3)c(=O)cc12. The van der Waals surface area contributed by atoms with Gasteiger partial charge in [-0.05, 0) is 43.7 Å². The van der Waals surface area contributed by atoms with Crippen LogP contribution in [0.25, 0.3) is 27.6 Å². The zero-order chi connectivity index (χ0) is 16.1. The van der Waals surface area contributed by atoms with Crippen molar-refractivity contribution in [1.82, 2.24) is 4.57 Å². The maximum atomic E-state index is 12.7. The first kappa shape index (κ1) is 14.1. The molecule has 0 atom stereocenters. The molecule has 2 aromatic carbocycles. The number of aryl methyl sites for hydroxylation is 2. The van der Waals surface area contributed by atoms with Gasteiger partial charge in [0.05, 0.1) is 11.4 Å². The molecule has 3 nitrogen and oxygen atoms in total. The summed E-state index contributed by atoms with van der Waals surface area (Å²) < 4.78 is 7.65. The molecule has 0 aliphatic rings. The number of rotatable bonds is 1. The first-order valence-electron chi connectivity index (χ1n) is 7.36. The summed E-state index contributed by atoms with van der Waals surface area (Å²) in [6, 6.07) is 14.9. The van der Waals surface area contributed by atoms with Crippen molar-refractivity contribution in [3.05, 3.63) is 75.2 Å². The number of hydrogen-bond acceptors (Lipinski definition) is 2. The molecule has 0 aliphatic heterocycles. The van der Waals surface area contributed by atoms with Crippen LogP contribution in [0.2, 0.25) is 5.02 Å². The van der Waals surface area contributed by atoms with E-state index in [1.165, 1.54) is 0 Å². The summed E-state index contributed by atoms with van der Waals surface area (Å²) in [5.41, 5.74) is 4.05. The fourth-order valence-corrected chi connectivity index (χ4v) is 3.21. The monoisotopic (exact) mass is 323 g/mol. The smallest absolute Gasteiger partial charge is 0.256 e. The van der Waals surface area contributed by atoms with Crippen molar-refractivity contribution in [3.8, 4) is 5.69 Å². The third kappa shape index (κ3) is 2.16. The lowest BCUT2D eigenvalue weighted by Crippen LogP contribution is -2.19. The van der Waals surface area contributed by atoms with E-state index in [1.807, 2.05) is 44.2 Å². The number of benzene rings is 2. The maximum Gasteiger partial charge on any atom is 0.256 e. The van der Waals surface area contributed by atoms with Crippen molar-refractivity contribution in [2.24, 2.45) is 0 Å². The van der Waals surface area contributed by atoms with Crippen LogP contribution in [0.1, 0.15) is 11.3 Å². The normalized spacial score (nSPS) is 11.4.